The third kappa shape index (κ3) is 3.47. The minimum absolute atomic E-state index is 0.104. The standard InChI is InChI=1S/C11H22N2O2/c1-4-15-11(14)8-13-9(2)5-6-10(13)7-12-3/h9-10,12H,4-8H2,1-3H3. The summed E-state index contributed by atoms with van der Waals surface area (Å²) in [6.45, 7) is 5.87. The molecule has 2 unspecified atom stereocenters. The molecule has 0 saturated carbocycles. The molecular formula is C11H22N2O2. The van der Waals surface area contributed by atoms with E-state index < -0.39 is 0 Å². The van der Waals surface area contributed by atoms with Gasteiger partial charge in [-0.25, -0.2) is 0 Å². The number of ether oxygens (including phenoxy) is 1. The third-order valence-electron chi connectivity index (χ3n) is 3.01. The molecule has 1 N–H and O–H groups in total. The van der Waals surface area contributed by atoms with Crippen molar-refractivity contribution >= 4 is 5.97 Å². The number of likely N-dealkylation sites (N-methyl/N-ethyl adjacent to an activating group) is 1. The molecule has 4 nitrogen and oxygen atoms in total. The molecule has 1 heterocycles. The summed E-state index contributed by atoms with van der Waals surface area (Å²) < 4.78 is 4.98. The second kappa shape index (κ2) is 6.08. The monoisotopic (exact) mass is 214 g/mol. The zero-order chi connectivity index (χ0) is 11.3. The van der Waals surface area contributed by atoms with Gasteiger partial charge in [-0.1, -0.05) is 0 Å². The van der Waals surface area contributed by atoms with Crippen molar-refractivity contribution in [1.82, 2.24) is 10.2 Å². The molecule has 0 aliphatic carbocycles. The predicted molar refractivity (Wildman–Crippen MR) is 59.7 cm³/mol. The molecule has 0 aromatic heterocycles. The van der Waals surface area contributed by atoms with Crippen molar-refractivity contribution < 1.29 is 9.53 Å². The Kier molecular flexibility index (Phi) is 5.05. The van der Waals surface area contributed by atoms with E-state index in [0.717, 1.165) is 6.54 Å². The average Bonchev–Trinajstić information content (AvgIpc) is 2.51. The second-order valence-corrected chi connectivity index (χ2v) is 4.12. The first-order valence-electron chi connectivity index (χ1n) is 5.75. The number of hydrogen-bond acceptors (Lipinski definition) is 4. The minimum atomic E-state index is -0.104. The maximum atomic E-state index is 11.4. The Morgan fingerprint density at radius 3 is 2.87 bits per heavy atom. The molecule has 1 aliphatic rings. The van der Waals surface area contributed by atoms with Gasteiger partial charge < -0.3 is 10.1 Å². The first kappa shape index (κ1) is 12.5. The second-order valence-electron chi connectivity index (χ2n) is 4.12. The van der Waals surface area contributed by atoms with E-state index in [2.05, 4.69) is 17.1 Å². The minimum Gasteiger partial charge on any atom is -0.465 e. The quantitative estimate of drug-likeness (QED) is 0.681. The Balaban J connectivity index is 2.45. The van der Waals surface area contributed by atoms with Crippen molar-refractivity contribution in [2.75, 3.05) is 26.7 Å². The highest BCUT2D eigenvalue weighted by Gasteiger charge is 2.31. The Labute approximate surface area is 92.0 Å². The maximum Gasteiger partial charge on any atom is 0.320 e. The lowest BCUT2D eigenvalue weighted by Crippen LogP contribution is -2.43. The molecule has 0 aromatic rings. The van der Waals surface area contributed by atoms with Gasteiger partial charge in [-0.2, -0.15) is 0 Å². The van der Waals surface area contributed by atoms with Gasteiger partial charge in [0, 0.05) is 18.6 Å². The van der Waals surface area contributed by atoms with Gasteiger partial charge in [0.1, 0.15) is 0 Å². The van der Waals surface area contributed by atoms with Crippen molar-refractivity contribution in [3.05, 3.63) is 0 Å². The van der Waals surface area contributed by atoms with Gasteiger partial charge in [-0.15, -0.1) is 0 Å². The first-order valence-corrected chi connectivity index (χ1v) is 5.75. The van der Waals surface area contributed by atoms with Crippen LogP contribution in [0.25, 0.3) is 0 Å². The van der Waals surface area contributed by atoms with Crippen molar-refractivity contribution in [3.63, 3.8) is 0 Å². The summed E-state index contributed by atoms with van der Waals surface area (Å²) in [5.41, 5.74) is 0. The molecule has 0 spiro atoms. The normalized spacial score (nSPS) is 26.9. The fraction of sp³-hybridized carbons (Fsp3) is 0.909. The van der Waals surface area contributed by atoms with E-state index in [0.29, 0.717) is 25.2 Å². The van der Waals surface area contributed by atoms with Crippen LogP contribution in [0.1, 0.15) is 26.7 Å². The Bertz CT molecular complexity index is 207. The summed E-state index contributed by atoms with van der Waals surface area (Å²) in [4.78, 5) is 13.7. The summed E-state index contributed by atoms with van der Waals surface area (Å²) in [6, 6.07) is 0.974. The molecule has 1 saturated heterocycles. The molecule has 4 heteroatoms. The van der Waals surface area contributed by atoms with Gasteiger partial charge in [0.15, 0.2) is 0 Å². The fourth-order valence-electron chi connectivity index (χ4n) is 2.22. The number of nitrogens with one attached hydrogen (secondary N) is 1. The highest BCUT2D eigenvalue weighted by atomic mass is 16.5. The van der Waals surface area contributed by atoms with Crippen LogP contribution in [0.3, 0.4) is 0 Å². The topological polar surface area (TPSA) is 41.6 Å². The van der Waals surface area contributed by atoms with Crippen LogP contribution in [0.5, 0.6) is 0 Å². The number of nitrogens with zero attached hydrogens (tertiary/aromatic N) is 1. The molecule has 1 rings (SSSR count). The molecular weight excluding hydrogens is 192 g/mol. The van der Waals surface area contributed by atoms with Gasteiger partial charge >= 0.3 is 5.97 Å². The largest absolute Gasteiger partial charge is 0.465 e. The highest BCUT2D eigenvalue weighted by Crippen LogP contribution is 2.22. The Hall–Kier alpha value is -0.610. The van der Waals surface area contributed by atoms with Crippen LogP contribution in [-0.2, 0) is 9.53 Å². The molecule has 15 heavy (non-hydrogen) atoms. The number of rotatable bonds is 5. The summed E-state index contributed by atoms with van der Waals surface area (Å²) in [7, 11) is 1.95. The Morgan fingerprint density at radius 2 is 2.27 bits per heavy atom. The molecule has 0 amide bonds. The Morgan fingerprint density at radius 1 is 1.53 bits per heavy atom. The van der Waals surface area contributed by atoms with Crippen LogP contribution in [0.2, 0.25) is 0 Å². The third-order valence-corrected chi connectivity index (χ3v) is 3.01. The fourth-order valence-corrected chi connectivity index (χ4v) is 2.22. The zero-order valence-electron chi connectivity index (χ0n) is 9.95. The van der Waals surface area contributed by atoms with Crippen LogP contribution in [-0.4, -0.2) is 49.7 Å². The molecule has 0 radical (unpaired) electrons. The average molecular weight is 214 g/mol. The van der Waals surface area contributed by atoms with Gasteiger partial charge in [0.25, 0.3) is 0 Å². The molecule has 1 aliphatic heterocycles. The van der Waals surface area contributed by atoms with Crippen LogP contribution in [0.4, 0.5) is 0 Å². The number of esters is 1. The van der Waals surface area contributed by atoms with Crippen molar-refractivity contribution in [3.8, 4) is 0 Å². The number of carbonyl (C=O) groups excluding carboxylic acids is 1. The van der Waals surface area contributed by atoms with Crippen LogP contribution >= 0.6 is 0 Å². The first-order chi connectivity index (χ1) is 7.19. The van der Waals surface area contributed by atoms with Gasteiger partial charge in [-0.05, 0) is 33.7 Å². The van der Waals surface area contributed by atoms with E-state index in [1.54, 1.807) is 0 Å². The molecule has 0 aromatic carbocycles. The summed E-state index contributed by atoms with van der Waals surface area (Å²) in [5, 5.41) is 3.17. The molecule has 1 fully saturated rings. The lowest BCUT2D eigenvalue weighted by atomic mass is 10.2. The van der Waals surface area contributed by atoms with Gasteiger partial charge in [0.2, 0.25) is 0 Å². The van der Waals surface area contributed by atoms with Crippen molar-refractivity contribution in [2.45, 2.75) is 38.8 Å². The zero-order valence-corrected chi connectivity index (χ0v) is 9.95. The molecule has 2 atom stereocenters. The van der Waals surface area contributed by atoms with E-state index in [1.807, 2.05) is 14.0 Å². The molecule has 0 bridgehead atoms. The van der Waals surface area contributed by atoms with Crippen LogP contribution in [0.15, 0.2) is 0 Å². The van der Waals surface area contributed by atoms with E-state index >= 15 is 0 Å². The lowest BCUT2D eigenvalue weighted by Gasteiger charge is -2.26. The lowest BCUT2D eigenvalue weighted by molar-refractivity contribution is -0.145. The van der Waals surface area contributed by atoms with Crippen molar-refractivity contribution in [1.29, 1.82) is 0 Å². The van der Waals surface area contributed by atoms with E-state index in [9.17, 15) is 4.79 Å². The van der Waals surface area contributed by atoms with Gasteiger partial charge in [-0.3, -0.25) is 9.69 Å². The summed E-state index contributed by atoms with van der Waals surface area (Å²) in [5.74, 6) is -0.104. The molecule has 88 valence electrons. The van der Waals surface area contributed by atoms with Crippen LogP contribution < -0.4 is 5.32 Å². The van der Waals surface area contributed by atoms with E-state index in [-0.39, 0.29) is 5.97 Å². The van der Waals surface area contributed by atoms with E-state index in [4.69, 9.17) is 4.74 Å². The SMILES string of the molecule is CCOC(=O)CN1C(C)CCC1CNC. The summed E-state index contributed by atoms with van der Waals surface area (Å²) in [6.07, 6.45) is 2.34. The van der Waals surface area contributed by atoms with E-state index in [1.165, 1.54) is 12.8 Å². The smallest absolute Gasteiger partial charge is 0.320 e. The van der Waals surface area contributed by atoms with Gasteiger partial charge in [0.05, 0.1) is 13.2 Å². The van der Waals surface area contributed by atoms with Crippen molar-refractivity contribution in [2.24, 2.45) is 0 Å². The number of likely N-dealkylation sites (tertiary alicyclic amines) is 1. The number of carbonyl (C=O) groups is 1. The van der Waals surface area contributed by atoms with Crippen LogP contribution in [0, 0.1) is 0 Å². The predicted octanol–water partition coefficient (Wildman–Crippen LogP) is 0.622. The number of hydrogen-bond donors (Lipinski definition) is 1. The maximum absolute atomic E-state index is 11.4. The summed E-state index contributed by atoms with van der Waals surface area (Å²) >= 11 is 0. The highest BCUT2D eigenvalue weighted by molar-refractivity contribution is 5.71.